The summed E-state index contributed by atoms with van der Waals surface area (Å²) in [5.74, 6) is 0. The van der Waals surface area contributed by atoms with Crippen molar-refractivity contribution in [2.75, 3.05) is 0 Å². The van der Waals surface area contributed by atoms with E-state index in [0.29, 0.717) is 0 Å². The van der Waals surface area contributed by atoms with E-state index in [1.807, 2.05) is 11.3 Å². The molecule has 0 aliphatic carbocycles. The molecule has 224 valence electrons. The highest BCUT2D eigenvalue weighted by atomic mass is 32.1. The fourth-order valence-electron chi connectivity index (χ4n) is 7.58. The number of thiophene rings is 1. The number of benzene rings is 8. The second-order valence-electron chi connectivity index (χ2n) is 12.5. The minimum absolute atomic E-state index is 1.16. The summed E-state index contributed by atoms with van der Waals surface area (Å²) < 4.78 is 5.18. The lowest BCUT2D eigenvalue weighted by molar-refractivity contribution is 1.19. The number of nitrogens with zero attached hydrogens (tertiary/aromatic N) is 1. The Labute approximate surface area is 282 Å². The Morgan fingerprint density at radius 2 is 0.854 bits per heavy atom. The lowest BCUT2D eigenvalue weighted by Crippen LogP contribution is -1.95. The highest BCUT2D eigenvalue weighted by molar-refractivity contribution is 7.27. The molecule has 2 heterocycles. The highest BCUT2D eigenvalue weighted by Gasteiger charge is 2.21. The van der Waals surface area contributed by atoms with E-state index in [2.05, 4.69) is 180 Å². The van der Waals surface area contributed by atoms with Crippen LogP contribution in [-0.2, 0) is 0 Å². The van der Waals surface area contributed by atoms with Gasteiger partial charge in [-0.25, -0.2) is 0 Å². The van der Waals surface area contributed by atoms with E-state index < -0.39 is 0 Å². The molecule has 2 heteroatoms. The number of fused-ring (bicyclic) bond motifs is 10. The van der Waals surface area contributed by atoms with E-state index in [-0.39, 0.29) is 0 Å². The van der Waals surface area contributed by atoms with Crippen molar-refractivity contribution in [3.05, 3.63) is 176 Å². The molecule has 10 rings (SSSR count). The summed E-state index contributed by atoms with van der Waals surface area (Å²) in [6.45, 7) is 0. The van der Waals surface area contributed by atoms with Crippen LogP contribution in [0.4, 0.5) is 0 Å². The maximum atomic E-state index is 2.48. The molecule has 1 nitrogen and oxygen atoms in total. The zero-order chi connectivity index (χ0) is 31.6. The zero-order valence-corrected chi connectivity index (χ0v) is 26.9. The van der Waals surface area contributed by atoms with Crippen LogP contribution in [0.5, 0.6) is 0 Å². The molecular weight excluding hydrogens is 599 g/mol. The average molecular weight is 628 g/mol. The molecule has 0 fully saturated rings. The molecule has 8 aromatic carbocycles. The molecule has 0 bridgehead atoms. The molecule has 10 aromatic rings. The summed E-state index contributed by atoms with van der Waals surface area (Å²) in [5, 5.41) is 7.92. The summed E-state index contributed by atoms with van der Waals surface area (Å²) in [6, 6.07) is 64.2. The highest BCUT2D eigenvalue weighted by Crippen LogP contribution is 2.48. The molecule has 0 N–H and O–H groups in total. The lowest BCUT2D eigenvalue weighted by Gasteiger charge is -2.13. The van der Waals surface area contributed by atoms with Crippen molar-refractivity contribution >= 4 is 64.1 Å². The van der Waals surface area contributed by atoms with Crippen molar-refractivity contribution in [3.63, 3.8) is 0 Å². The molecule has 2 aromatic heterocycles. The average Bonchev–Trinajstić information content (AvgIpc) is 3.72. The van der Waals surface area contributed by atoms with Crippen LogP contribution in [0.25, 0.3) is 91.8 Å². The summed E-state index contributed by atoms with van der Waals surface area (Å²) in [5.41, 5.74) is 10.9. The van der Waals surface area contributed by atoms with Crippen LogP contribution in [-0.4, -0.2) is 4.57 Å². The second-order valence-corrected chi connectivity index (χ2v) is 13.6. The van der Waals surface area contributed by atoms with Crippen molar-refractivity contribution in [1.29, 1.82) is 0 Å². The summed E-state index contributed by atoms with van der Waals surface area (Å²) in [4.78, 5) is 0. The van der Waals surface area contributed by atoms with Gasteiger partial charge in [-0.05, 0) is 75.8 Å². The van der Waals surface area contributed by atoms with E-state index in [0.717, 1.165) is 5.69 Å². The van der Waals surface area contributed by atoms with Crippen molar-refractivity contribution in [2.24, 2.45) is 0 Å². The van der Waals surface area contributed by atoms with Gasteiger partial charge in [-0.1, -0.05) is 133 Å². The van der Waals surface area contributed by atoms with Gasteiger partial charge >= 0.3 is 0 Å². The molecule has 0 amide bonds. The van der Waals surface area contributed by atoms with E-state index in [1.165, 1.54) is 86.1 Å². The minimum atomic E-state index is 1.16. The van der Waals surface area contributed by atoms with E-state index in [4.69, 9.17) is 0 Å². The Morgan fingerprint density at radius 1 is 0.354 bits per heavy atom. The first-order chi connectivity index (χ1) is 23.8. The van der Waals surface area contributed by atoms with Gasteiger partial charge in [0, 0.05) is 47.4 Å². The van der Waals surface area contributed by atoms with Crippen molar-refractivity contribution in [1.82, 2.24) is 4.57 Å². The third kappa shape index (κ3) is 4.17. The first-order valence-electron chi connectivity index (χ1n) is 16.4. The Balaban J connectivity index is 1.21. The predicted molar refractivity (Wildman–Crippen MR) is 207 cm³/mol. The van der Waals surface area contributed by atoms with Crippen LogP contribution in [0.15, 0.2) is 176 Å². The van der Waals surface area contributed by atoms with Gasteiger partial charge in [-0.15, -0.1) is 11.3 Å². The van der Waals surface area contributed by atoms with E-state index in [9.17, 15) is 0 Å². The smallest absolute Gasteiger partial charge is 0.0626 e. The third-order valence-electron chi connectivity index (χ3n) is 9.75. The number of para-hydroxylation sites is 1. The van der Waals surface area contributed by atoms with Gasteiger partial charge in [-0.2, -0.15) is 0 Å². The Morgan fingerprint density at radius 3 is 1.50 bits per heavy atom. The molecular formula is C46H29NS. The molecule has 0 radical (unpaired) electrons. The number of aromatic nitrogens is 1. The first-order valence-corrected chi connectivity index (χ1v) is 17.3. The van der Waals surface area contributed by atoms with Gasteiger partial charge in [0.25, 0.3) is 0 Å². The van der Waals surface area contributed by atoms with Gasteiger partial charge in [0.2, 0.25) is 0 Å². The lowest BCUT2D eigenvalue weighted by atomic mass is 9.93. The van der Waals surface area contributed by atoms with E-state index >= 15 is 0 Å². The SMILES string of the molecule is c1ccc(-c2cc(-c3ccccc3)cc(-c3ccc(-n4c5ccccc5c5c6c7ccccc7sc6c6ccccc6c54)cc3)c2)cc1. The Bertz CT molecular complexity index is 2750. The molecule has 0 saturated carbocycles. The summed E-state index contributed by atoms with van der Waals surface area (Å²) in [6.07, 6.45) is 0. The molecule has 0 atom stereocenters. The zero-order valence-electron chi connectivity index (χ0n) is 26.1. The third-order valence-corrected chi connectivity index (χ3v) is 11.0. The number of rotatable bonds is 4. The minimum Gasteiger partial charge on any atom is -0.309 e. The quantitative estimate of drug-likeness (QED) is 0.183. The van der Waals surface area contributed by atoms with Crippen LogP contribution in [0, 0.1) is 0 Å². The fourth-order valence-corrected chi connectivity index (χ4v) is 8.83. The monoisotopic (exact) mass is 627 g/mol. The van der Waals surface area contributed by atoms with Crippen LogP contribution in [0.1, 0.15) is 0 Å². The molecule has 0 saturated heterocycles. The largest absolute Gasteiger partial charge is 0.309 e. The van der Waals surface area contributed by atoms with Gasteiger partial charge in [0.15, 0.2) is 0 Å². The normalized spacial score (nSPS) is 11.8. The van der Waals surface area contributed by atoms with Crippen molar-refractivity contribution in [2.45, 2.75) is 0 Å². The predicted octanol–water partition coefficient (Wildman–Crippen LogP) is 13.3. The van der Waals surface area contributed by atoms with E-state index in [1.54, 1.807) is 0 Å². The number of hydrogen-bond acceptors (Lipinski definition) is 1. The van der Waals surface area contributed by atoms with Crippen molar-refractivity contribution < 1.29 is 0 Å². The summed E-state index contributed by atoms with van der Waals surface area (Å²) in [7, 11) is 0. The maximum Gasteiger partial charge on any atom is 0.0626 e. The Kier molecular flexibility index (Phi) is 6.12. The van der Waals surface area contributed by atoms with Crippen LogP contribution in [0.3, 0.4) is 0 Å². The standard InChI is InChI=1S/C46H29NS/c1-3-13-30(14-4-1)33-27-34(31-15-5-2-6-16-31)29-35(28-33)32-23-25-36(26-24-32)47-41-21-11-9-19-39(41)43-44-40-20-10-12-22-42(40)48-46(44)38-18-8-7-17-37(38)45(43)47/h1-29H. The maximum absolute atomic E-state index is 2.48. The number of hydrogen-bond donors (Lipinski definition) is 0. The molecule has 0 aliphatic heterocycles. The topological polar surface area (TPSA) is 4.93 Å². The molecule has 0 spiro atoms. The molecule has 48 heavy (non-hydrogen) atoms. The van der Waals surface area contributed by atoms with Gasteiger partial charge < -0.3 is 4.57 Å². The second kappa shape index (κ2) is 10.8. The fraction of sp³-hybridized carbons (Fsp3) is 0. The first kappa shape index (κ1) is 27.2. The van der Waals surface area contributed by atoms with Crippen LogP contribution in [0.2, 0.25) is 0 Å². The van der Waals surface area contributed by atoms with Crippen LogP contribution < -0.4 is 0 Å². The molecule has 0 aliphatic rings. The van der Waals surface area contributed by atoms with Gasteiger partial charge in [-0.3, -0.25) is 0 Å². The molecule has 0 unspecified atom stereocenters. The van der Waals surface area contributed by atoms with Gasteiger partial charge in [0.05, 0.1) is 11.0 Å². The Hall–Kier alpha value is -5.96. The summed E-state index contributed by atoms with van der Waals surface area (Å²) >= 11 is 1.91. The van der Waals surface area contributed by atoms with Crippen molar-refractivity contribution in [3.8, 4) is 39.1 Å². The van der Waals surface area contributed by atoms with Gasteiger partial charge in [0.1, 0.15) is 0 Å². The van der Waals surface area contributed by atoms with Crippen LogP contribution >= 0.6 is 11.3 Å².